The number of hydrogen-bond acceptors (Lipinski definition) is 5. The number of hydrogen-bond donors (Lipinski definition) is 0. The summed E-state index contributed by atoms with van der Waals surface area (Å²) < 4.78 is 59.7. The second-order valence-corrected chi connectivity index (χ2v) is 7.01. The lowest BCUT2D eigenvalue weighted by atomic mass is 10.1. The van der Waals surface area contributed by atoms with Gasteiger partial charge in [-0.3, -0.25) is 0 Å². The summed E-state index contributed by atoms with van der Waals surface area (Å²) in [6.07, 6.45) is -1.04. The Labute approximate surface area is 178 Å². The lowest BCUT2D eigenvalue weighted by molar-refractivity contribution is -0.137. The minimum atomic E-state index is -4.47. The van der Waals surface area contributed by atoms with Gasteiger partial charge in [-0.25, -0.2) is 14.4 Å². The van der Waals surface area contributed by atoms with Crippen molar-refractivity contribution >= 4 is 0 Å². The molecule has 0 atom stereocenters. The Morgan fingerprint density at radius 1 is 0.906 bits per heavy atom. The fourth-order valence-corrected chi connectivity index (χ4v) is 3.24. The molecule has 32 heavy (non-hydrogen) atoms. The van der Waals surface area contributed by atoms with Crippen LogP contribution < -0.4 is 0 Å². The topological polar surface area (TPSA) is 69.6 Å². The van der Waals surface area contributed by atoms with Crippen molar-refractivity contribution in [1.82, 2.24) is 24.7 Å². The van der Waals surface area contributed by atoms with Crippen molar-refractivity contribution < 1.29 is 22.1 Å². The van der Waals surface area contributed by atoms with Crippen LogP contribution >= 0.6 is 0 Å². The van der Waals surface area contributed by atoms with Crippen molar-refractivity contribution in [3.63, 3.8) is 0 Å². The number of alkyl halides is 3. The highest BCUT2D eigenvalue weighted by molar-refractivity contribution is 5.65. The van der Waals surface area contributed by atoms with Gasteiger partial charge in [0.1, 0.15) is 11.5 Å². The summed E-state index contributed by atoms with van der Waals surface area (Å²) in [7, 11) is 0. The Morgan fingerprint density at radius 3 is 2.53 bits per heavy atom. The summed E-state index contributed by atoms with van der Waals surface area (Å²) >= 11 is 0. The van der Waals surface area contributed by atoms with Crippen LogP contribution in [0.3, 0.4) is 0 Å². The van der Waals surface area contributed by atoms with Crippen molar-refractivity contribution in [2.75, 3.05) is 0 Å². The normalized spacial score (nSPS) is 11.9. The third-order valence-electron chi connectivity index (χ3n) is 4.77. The summed E-state index contributed by atoms with van der Waals surface area (Å²) in [5, 5.41) is 3.85. The first-order chi connectivity index (χ1) is 15.4. The first kappa shape index (κ1) is 19.9. The van der Waals surface area contributed by atoms with E-state index < -0.39 is 17.6 Å². The molecule has 0 spiro atoms. The standard InChI is InChI=1S/C22H13F4N5O/c23-16-7-2-1-6-15(16)20-27-17-8-9-31(11-18(17)28-20)12-19-29-21(32-30-19)13-4-3-5-14(10-13)22(24,25)26/h1-11H,12H2. The fourth-order valence-electron chi connectivity index (χ4n) is 3.24. The van der Waals surface area contributed by atoms with Crippen LogP contribution in [-0.2, 0) is 12.7 Å². The predicted octanol–water partition coefficient (Wildman–Crippen LogP) is 5.31. The molecule has 3 aromatic rings. The summed E-state index contributed by atoms with van der Waals surface area (Å²) in [6, 6.07) is 12.7. The fraction of sp³-hybridized carbons (Fsp3) is 0.0909. The van der Waals surface area contributed by atoms with Gasteiger partial charge in [0.2, 0.25) is 0 Å². The van der Waals surface area contributed by atoms with E-state index in [4.69, 9.17) is 4.52 Å². The van der Waals surface area contributed by atoms with Crippen LogP contribution in [0.25, 0.3) is 34.2 Å². The van der Waals surface area contributed by atoms with E-state index in [9.17, 15) is 17.6 Å². The van der Waals surface area contributed by atoms with Gasteiger partial charge < -0.3 is 9.09 Å². The van der Waals surface area contributed by atoms with Gasteiger partial charge in [-0.1, -0.05) is 23.4 Å². The zero-order chi connectivity index (χ0) is 22.3. The average Bonchev–Trinajstić information content (AvgIpc) is 3.40. The maximum atomic E-state index is 14.0. The van der Waals surface area contributed by atoms with Crippen molar-refractivity contribution in [2.24, 2.45) is 0 Å². The molecule has 2 aliphatic rings. The largest absolute Gasteiger partial charge is 0.416 e. The molecule has 2 aliphatic heterocycles. The Balaban J connectivity index is 1.40. The molecular formula is C22H13F4N5O. The minimum absolute atomic E-state index is 0.0114. The monoisotopic (exact) mass is 439 g/mol. The summed E-state index contributed by atoms with van der Waals surface area (Å²) in [5.41, 5.74) is 0.828. The van der Waals surface area contributed by atoms with Crippen LogP contribution in [0.5, 0.6) is 0 Å². The van der Waals surface area contributed by atoms with Gasteiger partial charge >= 0.3 is 6.18 Å². The van der Waals surface area contributed by atoms with Crippen LogP contribution in [0.1, 0.15) is 11.4 Å². The first-order valence-electron chi connectivity index (χ1n) is 9.45. The van der Waals surface area contributed by atoms with E-state index in [1.54, 1.807) is 41.2 Å². The molecule has 1 aromatic heterocycles. The quantitative estimate of drug-likeness (QED) is 0.355. The molecule has 0 bridgehead atoms. The Morgan fingerprint density at radius 2 is 1.72 bits per heavy atom. The summed E-state index contributed by atoms with van der Waals surface area (Å²) in [6.45, 7) is 0.195. The zero-order valence-corrected chi connectivity index (χ0v) is 16.2. The zero-order valence-electron chi connectivity index (χ0n) is 16.2. The Hall–Kier alpha value is -4.08. The molecule has 0 saturated carbocycles. The molecule has 5 rings (SSSR count). The lowest BCUT2D eigenvalue weighted by Gasteiger charge is -2.06. The predicted molar refractivity (Wildman–Crippen MR) is 106 cm³/mol. The molecule has 0 N–H and O–H groups in total. The Bertz CT molecular complexity index is 1370. The molecule has 0 unspecified atom stereocenters. The van der Waals surface area contributed by atoms with E-state index >= 15 is 0 Å². The van der Waals surface area contributed by atoms with E-state index in [0.717, 1.165) is 12.1 Å². The van der Waals surface area contributed by atoms with Crippen molar-refractivity contribution in [2.45, 2.75) is 12.7 Å². The summed E-state index contributed by atoms with van der Waals surface area (Å²) in [5.74, 6) is 0.130. The number of pyridine rings is 1. The highest BCUT2D eigenvalue weighted by Gasteiger charge is 2.31. The number of rotatable bonds is 4. The van der Waals surface area contributed by atoms with Crippen LogP contribution in [0.4, 0.5) is 17.6 Å². The van der Waals surface area contributed by atoms with Gasteiger partial charge in [-0.15, -0.1) is 0 Å². The minimum Gasteiger partial charge on any atom is -0.344 e. The molecule has 6 nitrogen and oxygen atoms in total. The second-order valence-electron chi connectivity index (χ2n) is 7.01. The molecule has 0 fully saturated rings. The second kappa shape index (κ2) is 7.56. The molecule has 0 radical (unpaired) electrons. The van der Waals surface area contributed by atoms with Gasteiger partial charge in [-0.05, 0) is 36.4 Å². The van der Waals surface area contributed by atoms with E-state index in [2.05, 4.69) is 20.1 Å². The smallest absolute Gasteiger partial charge is 0.344 e. The maximum Gasteiger partial charge on any atom is 0.416 e. The molecule has 10 heteroatoms. The molecule has 0 amide bonds. The highest BCUT2D eigenvalue weighted by Crippen LogP contribution is 2.32. The number of benzene rings is 2. The molecule has 2 aromatic carbocycles. The Kier molecular flexibility index (Phi) is 4.69. The van der Waals surface area contributed by atoms with Gasteiger partial charge in [-0.2, -0.15) is 18.2 Å². The molecule has 3 heterocycles. The van der Waals surface area contributed by atoms with E-state index in [-0.39, 0.29) is 29.6 Å². The van der Waals surface area contributed by atoms with Crippen LogP contribution in [0, 0.1) is 5.82 Å². The SMILES string of the molecule is Fc1ccccc1-c1nc2ccn(Cc3noc(-c4cccc(C(F)(F)F)c4)n3)cc-2n1. The highest BCUT2D eigenvalue weighted by atomic mass is 19.4. The number of imidazole rings is 1. The number of halogens is 4. The summed E-state index contributed by atoms with van der Waals surface area (Å²) in [4.78, 5) is 12.9. The van der Waals surface area contributed by atoms with Gasteiger partial charge in [0, 0.05) is 18.0 Å². The maximum absolute atomic E-state index is 14.0. The average molecular weight is 439 g/mol. The van der Waals surface area contributed by atoms with Gasteiger partial charge in [0.15, 0.2) is 11.6 Å². The number of nitrogens with zero attached hydrogens (tertiary/aromatic N) is 5. The number of fused-ring (bicyclic) bond motifs is 1. The third kappa shape index (κ3) is 3.82. The lowest BCUT2D eigenvalue weighted by Crippen LogP contribution is -2.04. The molecular weight excluding hydrogens is 426 g/mol. The van der Waals surface area contributed by atoms with Crippen molar-refractivity contribution in [3.8, 4) is 34.2 Å². The van der Waals surface area contributed by atoms with Crippen LogP contribution in [-0.4, -0.2) is 24.7 Å². The molecule has 0 aliphatic carbocycles. The van der Waals surface area contributed by atoms with Gasteiger partial charge in [0.25, 0.3) is 5.89 Å². The van der Waals surface area contributed by atoms with Crippen LogP contribution in [0.15, 0.2) is 71.5 Å². The molecule has 160 valence electrons. The van der Waals surface area contributed by atoms with Crippen molar-refractivity contribution in [3.05, 3.63) is 84.2 Å². The van der Waals surface area contributed by atoms with E-state index in [1.165, 1.54) is 18.2 Å². The van der Waals surface area contributed by atoms with E-state index in [1.807, 2.05) is 0 Å². The molecule has 0 saturated heterocycles. The van der Waals surface area contributed by atoms with Gasteiger partial charge in [0.05, 0.1) is 23.4 Å². The third-order valence-corrected chi connectivity index (χ3v) is 4.77. The number of aromatic nitrogens is 5. The van der Waals surface area contributed by atoms with E-state index in [0.29, 0.717) is 17.0 Å². The van der Waals surface area contributed by atoms with Crippen LogP contribution in [0.2, 0.25) is 0 Å². The first-order valence-corrected chi connectivity index (χ1v) is 9.45. The van der Waals surface area contributed by atoms with Crippen molar-refractivity contribution in [1.29, 1.82) is 0 Å².